The Morgan fingerprint density at radius 3 is 2.40 bits per heavy atom. The van der Waals surface area contributed by atoms with Crippen LogP contribution < -0.4 is 0 Å². The molecule has 3 nitrogen and oxygen atoms in total. The fraction of sp³-hybridized carbons (Fsp3) is 0.467. The molecule has 0 aliphatic carbocycles. The van der Waals surface area contributed by atoms with Gasteiger partial charge in [-0.15, -0.1) is 0 Å². The zero-order valence-corrected chi connectivity index (χ0v) is 14.7. The fourth-order valence-corrected chi connectivity index (χ4v) is 3.02. The molecular formula is C15H21IO3S. The molecule has 0 fully saturated rings. The molecule has 0 bridgehead atoms. The molecule has 5 heteroatoms. The zero-order chi connectivity index (χ0) is 14.8. The van der Waals surface area contributed by atoms with Crippen molar-refractivity contribution in [1.82, 2.24) is 0 Å². The number of rotatable bonds is 9. The van der Waals surface area contributed by atoms with E-state index in [1.54, 1.807) is 24.3 Å². The third kappa shape index (κ3) is 6.85. The summed E-state index contributed by atoms with van der Waals surface area (Å²) < 4.78 is 30.8. The Kier molecular flexibility index (Phi) is 8.40. The molecule has 0 aliphatic rings. The minimum atomic E-state index is -3.59. The van der Waals surface area contributed by atoms with Crippen LogP contribution in [0.4, 0.5) is 0 Å². The van der Waals surface area contributed by atoms with Gasteiger partial charge < -0.3 is 0 Å². The largest absolute Gasteiger partial charge is 0.296 e. The van der Waals surface area contributed by atoms with Gasteiger partial charge in [-0.25, -0.2) is 0 Å². The van der Waals surface area contributed by atoms with Gasteiger partial charge in [0, 0.05) is 0 Å². The summed E-state index contributed by atoms with van der Waals surface area (Å²) in [7, 11) is -3.59. The van der Waals surface area contributed by atoms with E-state index in [-0.39, 0.29) is 11.5 Å². The predicted octanol–water partition coefficient (Wildman–Crippen LogP) is 4.60. The molecule has 0 saturated carbocycles. The van der Waals surface area contributed by atoms with Crippen molar-refractivity contribution < 1.29 is 12.6 Å². The van der Waals surface area contributed by atoms with Crippen LogP contribution in [0.1, 0.15) is 37.7 Å². The molecule has 1 aromatic carbocycles. The van der Waals surface area contributed by atoms with Crippen molar-refractivity contribution in [3.63, 3.8) is 0 Å². The lowest BCUT2D eigenvalue weighted by atomic mass is 10.1. The predicted molar refractivity (Wildman–Crippen MR) is 90.6 cm³/mol. The van der Waals surface area contributed by atoms with Gasteiger partial charge in [0.25, 0.3) is 10.1 Å². The molecule has 0 N–H and O–H groups in total. The molecule has 0 spiro atoms. The first-order valence-electron chi connectivity index (χ1n) is 6.77. The summed E-state index contributed by atoms with van der Waals surface area (Å²) in [6, 6.07) is 6.72. The lowest BCUT2D eigenvalue weighted by molar-refractivity contribution is 0.306. The Labute approximate surface area is 135 Å². The van der Waals surface area contributed by atoms with Crippen LogP contribution in [0.2, 0.25) is 0 Å². The molecule has 20 heavy (non-hydrogen) atoms. The highest BCUT2D eigenvalue weighted by atomic mass is 127. The second-order valence-corrected chi connectivity index (χ2v) is 6.99. The van der Waals surface area contributed by atoms with E-state index in [1.807, 2.05) is 11.0 Å². The average Bonchev–Trinajstić information content (AvgIpc) is 2.42. The van der Waals surface area contributed by atoms with Crippen LogP contribution in [-0.4, -0.2) is 15.0 Å². The molecule has 0 aliphatic heterocycles. The third-order valence-electron chi connectivity index (χ3n) is 2.90. The number of hydrogen-bond acceptors (Lipinski definition) is 3. The zero-order valence-electron chi connectivity index (χ0n) is 11.7. The summed E-state index contributed by atoms with van der Waals surface area (Å²) in [5.41, 5.74) is 1.03. The minimum Gasteiger partial charge on any atom is -0.266 e. The van der Waals surface area contributed by atoms with Crippen molar-refractivity contribution in [1.29, 1.82) is 0 Å². The monoisotopic (exact) mass is 408 g/mol. The molecule has 0 aromatic heterocycles. The van der Waals surface area contributed by atoms with E-state index in [2.05, 4.69) is 28.7 Å². The molecule has 0 atom stereocenters. The van der Waals surface area contributed by atoms with Gasteiger partial charge in [-0.1, -0.05) is 59.2 Å². The molecule has 0 heterocycles. The second kappa shape index (κ2) is 9.52. The summed E-state index contributed by atoms with van der Waals surface area (Å²) >= 11 is 2.21. The third-order valence-corrected chi connectivity index (χ3v) is 4.74. The first-order valence-corrected chi connectivity index (χ1v) is 9.43. The van der Waals surface area contributed by atoms with E-state index in [0.29, 0.717) is 0 Å². The van der Waals surface area contributed by atoms with Crippen LogP contribution in [0.25, 0.3) is 0 Å². The number of aryl methyl sites for hydroxylation is 1. The maximum atomic E-state index is 11.9. The molecule has 0 saturated heterocycles. The van der Waals surface area contributed by atoms with Gasteiger partial charge in [0.1, 0.15) is 0 Å². The second-order valence-electron chi connectivity index (χ2n) is 4.65. The first kappa shape index (κ1) is 17.7. The Morgan fingerprint density at radius 1 is 1.10 bits per heavy atom. The standard InChI is InChI=1S/C15H21IO3S/c1-14-8-10-15(11-9-14)20(17,18)19-13-7-5-3-2-4-6-12-16/h6,8-12H,2-5,7,13H2,1H3/b12-6+. The summed E-state index contributed by atoms with van der Waals surface area (Å²) in [5, 5.41) is 0. The first-order chi connectivity index (χ1) is 9.56. The van der Waals surface area contributed by atoms with Crippen LogP contribution in [-0.2, 0) is 14.3 Å². The Morgan fingerprint density at radius 2 is 1.75 bits per heavy atom. The maximum absolute atomic E-state index is 11.9. The van der Waals surface area contributed by atoms with E-state index in [4.69, 9.17) is 4.18 Å². The van der Waals surface area contributed by atoms with Crippen LogP contribution in [0.15, 0.2) is 39.3 Å². The highest BCUT2D eigenvalue weighted by Gasteiger charge is 2.13. The van der Waals surface area contributed by atoms with Crippen LogP contribution in [0.5, 0.6) is 0 Å². The molecule has 112 valence electrons. The van der Waals surface area contributed by atoms with E-state index < -0.39 is 10.1 Å². The number of unbranched alkanes of at least 4 members (excludes halogenated alkanes) is 4. The fourth-order valence-electron chi connectivity index (χ4n) is 1.72. The number of halogens is 1. The Balaban J connectivity index is 2.25. The van der Waals surface area contributed by atoms with Gasteiger partial charge in [0.2, 0.25) is 0 Å². The lowest BCUT2D eigenvalue weighted by Crippen LogP contribution is -2.07. The van der Waals surface area contributed by atoms with Crippen LogP contribution in [0.3, 0.4) is 0 Å². The molecule has 0 amide bonds. The van der Waals surface area contributed by atoms with E-state index in [0.717, 1.165) is 37.7 Å². The van der Waals surface area contributed by atoms with Gasteiger partial charge in [-0.05, 0) is 42.4 Å². The van der Waals surface area contributed by atoms with E-state index in [9.17, 15) is 8.42 Å². The highest BCUT2D eigenvalue weighted by molar-refractivity contribution is 14.1. The molecule has 0 unspecified atom stereocenters. The van der Waals surface area contributed by atoms with Gasteiger partial charge in [-0.3, -0.25) is 4.18 Å². The molecular weight excluding hydrogens is 387 g/mol. The minimum absolute atomic E-state index is 0.232. The van der Waals surface area contributed by atoms with Gasteiger partial charge >= 0.3 is 0 Å². The molecule has 1 rings (SSSR count). The summed E-state index contributed by atoms with van der Waals surface area (Å²) in [5.74, 6) is 0. The Bertz CT molecular complexity index is 506. The highest BCUT2D eigenvalue weighted by Crippen LogP contribution is 2.14. The van der Waals surface area contributed by atoms with Crippen LogP contribution >= 0.6 is 22.6 Å². The maximum Gasteiger partial charge on any atom is 0.296 e. The van der Waals surface area contributed by atoms with Crippen molar-refractivity contribution in [3.8, 4) is 0 Å². The van der Waals surface area contributed by atoms with Crippen molar-refractivity contribution in [3.05, 3.63) is 40.0 Å². The van der Waals surface area contributed by atoms with Crippen LogP contribution in [0, 0.1) is 6.92 Å². The smallest absolute Gasteiger partial charge is 0.266 e. The molecule has 1 aromatic rings. The number of hydrogen-bond donors (Lipinski definition) is 0. The SMILES string of the molecule is Cc1ccc(S(=O)(=O)OCCCCCC/C=C/I)cc1. The van der Waals surface area contributed by atoms with Crippen molar-refractivity contribution >= 4 is 32.7 Å². The average molecular weight is 408 g/mol. The summed E-state index contributed by atoms with van der Waals surface area (Å²) in [4.78, 5) is 0.232. The molecule has 0 radical (unpaired) electrons. The number of benzene rings is 1. The van der Waals surface area contributed by atoms with Gasteiger partial charge in [-0.2, -0.15) is 8.42 Å². The van der Waals surface area contributed by atoms with Gasteiger partial charge in [0.05, 0.1) is 11.5 Å². The Hall–Kier alpha value is -0.400. The summed E-state index contributed by atoms with van der Waals surface area (Å²) in [6.45, 7) is 2.18. The van der Waals surface area contributed by atoms with E-state index in [1.165, 1.54) is 0 Å². The van der Waals surface area contributed by atoms with Crippen molar-refractivity contribution in [2.45, 2.75) is 43.9 Å². The van der Waals surface area contributed by atoms with E-state index >= 15 is 0 Å². The normalized spacial score (nSPS) is 12.1. The lowest BCUT2D eigenvalue weighted by Gasteiger charge is -2.05. The van der Waals surface area contributed by atoms with Crippen molar-refractivity contribution in [2.75, 3.05) is 6.61 Å². The number of allylic oxidation sites excluding steroid dienone is 1. The summed E-state index contributed by atoms with van der Waals surface area (Å²) in [6.07, 6.45) is 7.25. The van der Waals surface area contributed by atoms with Gasteiger partial charge in [0.15, 0.2) is 0 Å². The topological polar surface area (TPSA) is 43.4 Å². The van der Waals surface area contributed by atoms with Crippen molar-refractivity contribution in [2.24, 2.45) is 0 Å². The quantitative estimate of drug-likeness (QED) is 0.341.